The van der Waals surface area contributed by atoms with Gasteiger partial charge in [-0.25, -0.2) is 14.6 Å². The fraction of sp³-hybridized carbons (Fsp3) is 0. The fourth-order valence-electron chi connectivity index (χ4n) is 2.24. The monoisotopic (exact) mass is 267 g/mol. The van der Waals surface area contributed by atoms with Crippen molar-refractivity contribution in [1.29, 1.82) is 0 Å². The van der Waals surface area contributed by atoms with Crippen LogP contribution in [0, 0.1) is 0 Å². The van der Waals surface area contributed by atoms with Crippen molar-refractivity contribution in [2.24, 2.45) is 0 Å². The van der Waals surface area contributed by atoms with Gasteiger partial charge in [-0.1, -0.05) is 24.3 Å². The summed E-state index contributed by atoms with van der Waals surface area (Å²) in [6.45, 7) is 0. The average Bonchev–Trinajstić information content (AvgIpc) is 2.43. The van der Waals surface area contributed by atoms with Crippen LogP contribution in [0.2, 0.25) is 0 Å². The predicted octanol–water partition coefficient (Wildman–Crippen LogP) is 2.78. The Kier molecular flexibility index (Phi) is 2.61. The van der Waals surface area contributed by atoms with Crippen molar-refractivity contribution < 1.29 is 19.8 Å². The van der Waals surface area contributed by atoms with E-state index < -0.39 is 11.9 Å². The van der Waals surface area contributed by atoms with E-state index in [1.807, 2.05) is 12.1 Å². The van der Waals surface area contributed by atoms with Gasteiger partial charge in [-0.15, -0.1) is 0 Å². The van der Waals surface area contributed by atoms with Gasteiger partial charge in [0.25, 0.3) is 0 Å². The summed E-state index contributed by atoms with van der Waals surface area (Å²) in [7, 11) is 0. The van der Waals surface area contributed by atoms with Gasteiger partial charge in [0.15, 0.2) is 0 Å². The van der Waals surface area contributed by atoms with Gasteiger partial charge >= 0.3 is 11.9 Å². The maximum Gasteiger partial charge on any atom is 0.338 e. The second-order valence-corrected chi connectivity index (χ2v) is 4.35. The van der Waals surface area contributed by atoms with Crippen LogP contribution >= 0.6 is 0 Å². The molecule has 0 saturated carbocycles. The molecule has 1 aromatic heterocycles. The third-order valence-corrected chi connectivity index (χ3v) is 3.13. The standard InChI is InChI=1S/C15H9NO4/c17-14(18)10-6-5-9-7-8-3-1-2-4-11(8)16-13(9)12(10)15(19)20/h1-7H,(H,17,18)(H,19,20). The summed E-state index contributed by atoms with van der Waals surface area (Å²) in [5.41, 5.74) is 0.287. The summed E-state index contributed by atoms with van der Waals surface area (Å²) in [4.78, 5) is 26.8. The summed E-state index contributed by atoms with van der Waals surface area (Å²) >= 11 is 0. The fourth-order valence-corrected chi connectivity index (χ4v) is 2.24. The molecule has 0 bridgehead atoms. The Bertz CT molecular complexity index is 870. The number of aromatic nitrogens is 1. The lowest BCUT2D eigenvalue weighted by Gasteiger charge is -2.07. The van der Waals surface area contributed by atoms with E-state index in [-0.39, 0.29) is 16.6 Å². The van der Waals surface area contributed by atoms with E-state index in [0.717, 1.165) is 5.39 Å². The summed E-state index contributed by atoms with van der Waals surface area (Å²) < 4.78 is 0. The van der Waals surface area contributed by atoms with Crippen LogP contribution in [0.3, 0.4) is 0 Å². The van der Waals surface area contributed by atoms with Crippen molar-refractivity contribution in [2.45, 2.75) is 0 Å². The second kappa shape index (κ2) is 4.31. The van der Waals surface area contributed by atoms with Gasteiger partial charge in [0.1, 0.15) is 5.56 Å². The van der Waals surface area contributed by atoms with Crippen LogP contribution in [0.1, 0.15) is 20.7 Å². The van der Waals surface area contributed by atoms with E-state index in [2.05, 4.69) is 4.98 Å². The normalized spacial score (nSPS) is 10.8. The van der Waals surface area contributed by atoms with Crippen molar-refractivity contribution in [3.8, 4) is 0 Å². The smallest absolute Gasteiger partial charge is 0.338 e. The lowest BCUT2D eigenvalue weighted by atomic mass is 10.0. The molecule has 3 rings (SSSR count). The Balaban J connectivity index is 2.49. The number of para-hydroxylation sites is 1. The summed E-state index contributed by atoms with van der Waals surface area (Å²) in [6.07, 6.45) is 0. The molecule has 20 heavy (non-hydrogen) atoms. The maximum atomic E-state index is 11.4. The first-order chi connectivity index (χ1) is 9.58. The summed E-state index contributed by atoms with van der Waals surface area (Å²) in [5.74, 6) is -2.57. The van der Waals surface area contributed by atoms with Gasteiger partial charge in [-0.05, 0) is 18.2 Å². The van der Waals surface area contributed by atoms with E-state index >= 15 is 0 Å². The van der Waals surface area contributed by atoms with Gasteiger partial charge < -0.3 is 10.2 Å². The first-order valence-electron chi connectivity index (χ1n) is 5.87. The highest BCUT2D eigenvalue weighted by molar-refractivity contribution is 6.12. The number of nitrogens with zero attached hydrogens (tertiary/aromatic N) is 1. The number of hydrogen-bond acceptors (Lipinski definition) is 3. The molecule has 0 atom stereocenters. The van der Waals surface area contributed by atoms with Gasteiger partial charge in [-0.3, -0.25) is 0 Å². The van der Waals surface area contributed by atoms with Crippen LogP contribution in [0.25, 0.3) is 21.8 Å². The Morgan fingerprint density at radius 2 is 1.65 bits per heavy atom. The largest absolute Gasteiger partial charge is 0.478 e. The van der Waals surface area contributed by atoms with Crippen LogP contribution < -0.4 is 0 Å². The van der Waals surface area contributed by atoms with Gasteiger partial charge in [0.05, 0.1) is 16.6 Å². The minimum atomic E-state index is -1.30. The number of hydrogen-bond donors (Lipinski definition) is 2. The molecule has 5 nitrogen and oxygen atoms in total. The lowest BCUT2D eigenvalue weighted by molar-refractivity contribution is 0.0653. The number of aromatic carboxylic acids is 2. The Labute approximate surface area is 113 Å². The topological polar surface area (TPSA) is 87.5 Å². The number of carboxylic acids is 2. The minimum absolute atomic E-state index is 0.191. The average molecular weight is 267 g/mol. The molecular weight excluding hydrogens is 258 g/mol. The van der Waals surface area contributed by atoms with Crippen LogP contribution in [-0.4, -0.2) is 27.1 Å². The number of fused-ring (bicyclic) bond motifs is 2. The number of carbonyl (C=O) groups is 2. The highest BCUT2D eigenvalue weighted by Crippen LogP contribution is 2.25. The zero-order valence-electron chi connectivity index (χ0n) is 10.2. The Hall–Kier alpha value is -2.95. The Morgan fingerprint density at radius 3 is 2.35 bits per heavy atom. The molecule has 0 unspecified atom stereocenters. The molecule has 98 valence electrons. The van der Waals surface area contributed by atoms with E-state index in [1.165, 1.54) is 6.07 Å². The van der Waals surface area contributed by atoms with Crippen LogP contribution in [-0.2, 0) is 0 Å². The first kappa shape index (κ1) is 12.1. The molecular formula is C15H9NO4. The zero-order valence-corrected chi connectivity index (χ0v) is 10.2. The van der Waals surface area contributed by atoms with E-state index in [1.54, 1.807) is 24.3 Å². The first-order valence-corrected chi connectivity index (χ1v) is 5.87. The van der Waals surface area contributed by atoms with Crippen molar-refractivity contribution in [3.63, 3.8) is 0 Å². The molecule has 0 saturated heterocycles. The SMILES string of the molecule is O=C(O)c1ccc2cc3ccccc3nc2c1C(=O)O. The van der Waals surface area contributed by atoms with Crippen LogP contribution in [0.15, 0.2) is 42.5 Å². The summed E-state index contributed by atoms with van der Waals surface area (Å²) in [6, 6.07) is 12.0. The van der Waals surface area contributed by atoms with Gasteiger partial charge in [0, 0.05) is 10.8 Å². The van der Waals surface area contributed by atoms with E-state index in [9.17, 15) is 14.7 Å². The predicted molar refractivity (Wildman–Crippen MR) is 73.2 cm³/mol. The molecule has 0 spiro atoms. The third kappa shape index (κ3) is 1.76. The molecule has 5 heteroatoms. The number of pyridine rings is 1. The molecule has 0 aliphatic carbocycles. The lowest BCUT2D eigenvalue weighted by Crippen LogP contribution is -2.09. The molecule has 2 N–H and O–H groups in total. The molecule has 0 amide bonds. The second-order valence-electron chi connectivity index (χ2n) is 4.35. The van der Waals surface area contributed by atoms with E-state index in [4.69, 9.17) is 5.11 Å². The molecule has 1 heterocycles. The van der Waals surface area contributed by atoms with Crippen molar-refractivity contribution in [1.82, 2.24) is 4.98 Å². The zero-order chi connectivity index (χ0) is 14.3. The molecule has 2 aromatic carbocycles. The summed E-state index contributed by atoms with van der Waals surface area (Å²) in [5, 5.41) is 19.9. The van der Waals surface area contributed by atoms with E-state index in [0.29, 0.717) is 10.9 Å². The molecule has 0 aliphatic rings. The quantitative estimate of drug-likeness (QED) is 0.697. The Morgan fingerprint density at radius 1 is 0.900 bits per heavy atom. The van der Waals surface area contributed by atoms with Crippen LogP contribution in [0.4, 0.5) is 0 Å². The third-order valence-electron chi connectivity index (χ3n) is 3.13. The highest BCUT2D eigenvalue weighted by atomic mass is 16.4. The minimum Gasteiger partial charge on any atom is -0.478 e. The van der Waals surface area contributed by atoms with Crippen molar-refractivity contribution in [2.75, 3.05) is 0 Å². The number of carboxylic acid groups (broad SMARTS) is 2. The van der Waals surface area contributed by atoms with Crippen molar-refractivity contribution >= 4 is 33.7 Å². The maximum absolute atomic E-state index is 11.4. The van der Waals surface area contributed by atoms with Crippen LogP contribution in [0.5, 0.6) is 0 Å². The highest BCUT2D eigenvalue weighted by Gasteiger charge is 2.20. The van der Waals surface area contributed by atoms with Gasteiger partial charge in [-0.2, -0.15) is 0 Å². The number of rotatable bonds is 2. The van der Waals surface area contributed by atoms with Gasteiger partial charge in [0.2, 0.25) is 0 Å². The number of benzene rings is 2. The molecule has 0 aliphatic heterocycles. The molecule has 0 fully saturated rings. The molecule has 0 radical (unpaired) electrons. The van der Waals surface area contributed by atoms with Crippen molar-refractivity contribution in [3.05, 3.63) is 53.6 Å². The molecule has 3 aromatic rings.